The van der Waals surface area contributed by atoms with Crippen LogP contribution in [0.3, 0.4) is 0 Å². The van der Waals surface area contributed by atoms with Crippen molar-refractivity contribution in [2.24, 2.45) is 5.73 Å². The summed E-state index contributed by atoms with van der Waals surface area (Å²) in [5.74, 6) is 0.680. The third-order valence-electron chi connectivity index (χ3n) is 3.83. The molecule has 0 aliphatic carbocycles. The second-order valence-electron chi connectivity index (χ2n) is 5.52. The SMILES string of the molecule is Cl.NCc1ccc(CNC(=O)Cc2cccc3c2OCCO3)c(F)c1. The highest BCUT2D eigenvalue weighted by molar-refractivity contribution is 5.85. The maximum Gasteiger partial charge on any atom is 0.224 e. The van der Waals surface area contributed by atoms with Crippen molar-refractivity contribution in [2.75, 3.05) is 13.2 Å². The second kappa shape index (κ2) is 8.69. The van der Waals surface area contributed by atoms with Crippen LogP contribution < -0.4 is 20.5 Å². The lowest BCUT2D eigenvalue weighted by atomic mass is 10.1. The van der Waals surface area contributed by atoms with Crippen molar-refractivity contribution in [3.05, 3.63) is 58.9 Å². The number of nitrogens with one attached hydrogen (secondary N) is 1. The van der Waals surface area contributed by atoms with E-state index < -0.39 is 0 Å². The molecule has 0 spiro atoms. The van der Waals surface area contributed by atoms with E-state index in [0.717, 1.165) is 11.1 Å². The molecule has 7 heteroatoms. The van der Waals surface area contributed by atoms with Crippen molar-refractivity contribution in [1.29, 1.82) is 0 Å². The number of carbonyl (C=O) groups is 1. The summed E-state index contributed by atoms with van der Waals surface area (Å²) >= 11 is 0. The maximum atomic E-state index is 13.9. The summed E-state index contributed by atoms with van der Waals surface area (Å²) in [6.45, 7) is 1.37. The average Bonchev–Trinajstić information content (AvgIpc) is 2.61. The van der Waals surface area contributed by atoms with Gasteiger partial charge in [-0.2, -0.15) is 0 Å². The Labute approximate surface area is 151 Å². The van der Waals surface area contributed by atoms with E-state index >= 15 is 0 Å². The van der Waals surface area contributed by atoms with Crippen LogP contribution >= 0.6 is 12.4 Å². The average molecular weight is 367 g/mol. The van der Waals surface area contributed by atoms with E-state index in [1.165, 1.54) is 6.07 Å². The maximum absolute atomic E-state index is 13.9. The Morgan fingerprint density at radius 2 is 1.96 bits per heavy atom. The molecule has 0 radical (unpaired) electrons. The van der Waals surface area contributed by atoms with Crippen molar-refractivity contribution >= 4 is 18.3 Å². The third kappa shape index (κ3) is 4.61. The lowest BCUT2D eigenvalue weighted by Gasteiger charge is -2.20. The molecule has 1 aliphatic rings. The Kier molecular flexibility index (Phi) is 6.61. The van der Waals surface area contributed by atoms with Gasteiger partial charge < -0.3 is 20.5 Å². The molecular weight excluding hydrogens is 347 g/mol. The van der Waals surface area contributed by atoms with Gasteiger partial charge >= 0.3 is 0 Å². The predicted molar refractivity (Wildman–Crippen MR) is 94.5 cm³/mol. The minimum absolute atomic E-state index is 0. The standard InChI is InChI=1S/C18H19FN2O3.ClH/c19-15-8-12(10-20)4-5-14(15)11-21-17(22)9-13-2-1-3-16-18(13)24-7-6-23-16;/h1-5,8H,6-7,9-11,20H2,(H,21,22);1H. The number of benzene rings is 2. The number of nitrogens with two attached hydrogens (primary N) is 1. The minimum atomic E-state index is -0.368. The van der Waals surface area contributed by atoms with Gasteiger partial charge in [0.2, 0.25) is 5.91 Å². The first-order chi connectivity index (χ1) is 11.7. The van der Waals surface area contributed by atoms with Gasteiger partial charge in [-0.15, -0.1) is 12.4 Å². The molecule has 0 bridgehead atoms. The number of hydrogen-bond acceptors (Lipinski definition) is 4. The number of ether oxygens (including phenoxy) is 2. The van der Waals surface area contributed by atoms with Crippen LogP contribution in [-0.4, -0.2) is 19.1 Å². The highest BCUT2D eigenvalue weighted by Crippen LogP contribution is 2.33. The van der Waals surface area contributed by atoms with Crippen LogP contribution in [0.2, 0.25) is 0 Å². The van der Waals surface area contributed by atoms with E-state index in [4.69, 9.17) is 15.2 Å². The Hall–Kier alpha value is -2.31. The molecule has 1 aliphatic heterocycles. The van der Waals surface area contributed by atoms with E-state index in [1.807, 2.05) is 18.2 Å². The molecule has 0 unspecified atom stereocenters. The molecule has 0 fully saturated rings. The fraction of sp³-hybridized carbons (Fsp3) is 0.278. The van der Waals surface area contributed by atoms with Gasteiger partial charge in [-0.1, -0.05) is 24.3 Å². The summed E-state index contributed by atoms with van der Waals surface area (Å²) in [4.78, 5) is 12.2. The number of hydrogen-bond donors (Lipinski definition) is 2. The molecule has 0 saturated carbocycles. The minimum Gasteiger partial charge on any atom is -0.486 e. The molecule has 5 nitrogen and oxygen atoms in total. The summed E-state index contributed by atoms with van der Waals surface area (Å²) in [5.41, 5.74) is 7.37. The molecule has 134 valence electrons. The summed E-state index contributed by atoms with van der Waals surface area (Å²) < 4.78 is 25.0. The van der Waals surface area contributed by atoms with Crippen molar-refractivity contribution < 1.29 is 18.7 Å². The molecule has 2 aromatic carbocycles. The Morgan fingerprint density at radius 3 is 2.72 bits per heavy atom. The van der Waals surface area contributed by atoms with Gasteiger partial charge in [-0.25, -0.2) is 4.39 Å². The fourth-order valence-electron chi connectivity index (χ4n) is 2.56. The van der Waals surface area contributed by atoms with Crippen molar-refractivity contribution in [3.8, 4) is 11.5 Å². The third-order valence-corrected chi connectivity index (χ3v) is 3.83. The van der Waals surface area contributed by atoms with E-state index in [1.54, 1.807) is 12.1 Å². The van der Waals surface area contributed by atoms with Gasteiger partial charge in [0.25, 0.3) is 0 Å². The smallest absolute Gasteiger partial charge is 0.224 e. The quantitative estimate of drug-likeness (QED) is 0.851. The van der Waals surface area contributed by atoms with Gasteiger partial charge in [0.1, 0.15) is 19.0 Å². The van der Waals surface area contributed by atoms with Crippen LogP contribution in [0.1, 0.15) is 16.7 Å². The van der Waals surface area contributed by atoms with Crippen LogP contribution in [0.4, 0.5) is 4.39 Å². The zero-order valence-corrected chi connectivity index (χ0v) is 14.4. The van der Waals surface area contributed by atoms with Gasteiger partial charge in [0.15, 0.2) is 11.5 Å². The number of amides is 1. The highest BCUT2D eigenvalue weighted by Gasteiger charge is 2.17. The van der Waals surface area contributed by atoms with Crippen LogP contribution in [0, 0.1) is 5.82 Å². The summed E-state index contributed by atoms with van der Waals surface area (Å²) in [6, 6.07) is 10.2. The molecule has 0 saturated heterocycles. The molecular formula is C18H20ClFN2O3. The van der Waals surface area contributed by atoms with Crippen LogP contribution in [0.25, 0.3) is 0 Å². The molecule has 2 aromatic rings. The van der Waals surface area contributed by atoms with Gasteiger partial charge in [-0.05, 0) is 17.7 Å². The molecule has 1 heterocycles. The second-order valence-corrected chi connectivity index (χ2v) is 5.52. The summed E-state index contributed by atoms with van der Waals surface area (Å²) in [7, 11) is 0. The first kappa shape index (κ1) is 19.0. The monoisotopic (exact) mass is 366 g/mol. The van der Waals surface area contributed by atoms with Gasteiger partial charge in [0.05, 0.1) is 6.42 Å². The lowest BCUT2D eigenvalue weighted by molar-refractivity contribution is -0.120. The van der Waals surface area contributed by atoms with Crippen molar-refractivity contribution in [3.63, 3.8) is 0 Å². The van der Waals surface area contributed by atoms with Crippen LogP contribution in [-0.2, 0) is 24.3 Å². The van der Waals surface area contributed by atoms with E-state index in [0.29, 0.717) is 30.3 Å². The molecule has 0 aromatic heterocycles. The lowest BCUT2D eigenvalue weighted by Crippen LogP contribution is -2.26. The van der Waals surface area contributed by atoms with Crippen LogP contribution in [0.15, 0.2) is 36.4 Å². The largest absolute Gasteiger partial charge is 0.486 e. The number of rotatable bonds is 5. The van der Waals surface area contributed by atoms with E-state index in [2.05, 4.69) is 5.32 Å². The van der Waals surface area contributed by atoms with Gasteiger partial charge in [0, 0.05) is 24.2 Å². The zero-order chi connectivity index (χ0) is 16.9. The first-order valence-electron chi connectivity index (χ1n) is 7.79. The van der Waals surface area contributed by atoms with E-state index in [-0.39, 0.29) is 43.6 Å². The molecule has 3 rings (SSSR count). The molecule has 25 heavy (non-hydrogen) atoms. The summed E-state index contributed by atoms with van der Waals surface area (Å²) in [5, 5.41) is 2.73. The fourth-order valence-corrected chi connectivity index (χ4v) is 2.56. The Bertz CT molecular complexity index is 755. The first-order valence-corrected chi connectivity index (χ1v) is 7.79. The van der Waals surface area contributed by atoms with Crippen LogP contribution in [0.5, 0.6) is 11.5 Å². The highest BCUT2D eigenvalue weighted by atomic mass is 35.5. The van der Waals surface area contributed by atoms with Crippen molar-refractivity contribution in [1.82, 2.24) is 5.32 Å². The number of halogens is 2. The van der Waals surface area contributed by atoms with Gasteiger partial charge in [-0.3, -0.25) is 4.79 Å². The predicted octanol–water partition coefficient (Wildman–Crippen LogP) is 2.34. The normalized spacial score (nSPS) is 12.2. The van der Waals surface area contributed by atoms with E-state index in [9.17, 15) is 9.18 Å². The Balaban J connectivity index is 0.00000225. The summed E-state index contributed by atoms with van der Waals surface area (Å²) in [6.07, 6.45) is 0.148. The molecule has 0 atom stereocenters. The zero-order valence-electron chi connectivity index (χ0n) is 13.6. The number of carbonyl (C=O) groups excluding carboxylic acids is 1. The number of para-hydroxylation sites is 1. The van der Waals surface area contributed by atoms with Crippen molar-refractivity contribution in [2.45, 2.75) is 19.5 Å². The molecule has 1 amide bonds. The topological polar surface area (TPSA) is 73.6 Å². The molecule has 3 N–H and O–H groups in total. The Morgan fingerprint density at radius 1 is 1.16 bits per heavy atom. The number of fused-ring (bicyclic) bond motifs is 1.